The van der Waals surface area contributed by atoms with Gasteiger partial charge < -0.3 is 4.98 Å². The highest BCUT2D eigenvalue weighted by atomic mass is 32.2. The Morgan fingerprint density at radius 2 is 2.15 bits per heavy atom. The molecule has 1 N–H and O–H groups in total. The number of aliphatic imine (C=N–C) groups is 1. The van der Waals surface area contributed by atoms with Crippen LogP contribution in [0, 0.1) is 6.92 Å². The fourth-order valence-electron chi connectivity index (χ4n) is 1.80. The van der Waals surface area contributed by atoms with E-state index in [-0.39, 0.29) is 5.37 Å². The minimum absolute atomic E-state index is 0.299. The molecule has 0 saturated carbocycles. The lowest BCUT2D eigenvalue weighted by atomic mass is 10.1. The lowest BCUT2D eigenvalue weighted by Crippen LogP contribution is -1.94. The van der Waals surface area contributed by atoms with Crippen LogP contribution in [0.25, 0.3) is 11.3 Å². The fourth-order valence-corrected chi connectivity index (χ4v) is 2.65. The number of aromatic amines is 1. The van der Waals surface area contributed by atoms with Crippen molar-refractivity contribution in [2.24, 2.45) is 4.99 Å². The van der Waals surface area contributed by atoms with Crippen LogP contribution in [0.1, 0.15) is 30.1 Å². The molecule has 0 unspecified atom stereocenters. The molecule has 0 aliphatic carbocycles. The number of aromatic nitrogens is 2. The highest BCUT2D eigenvalue weighted by Gasteiger charge is 2.14. The summed E-state index contributed by atoms with van der Waals surface area (Å²) in [6, 6.07) is 8.21. The summed E-state index contributed by atoms with van der Waals surface area (Å²) in [6.45, 7) is 4.15. The van der Waals surface area contributed by atoms with Crippen LogP contribution in [0.15, 0.2) is 35.5 Å². The number of benzene rings is 1. The van der Waals surface area contributed by atoms with Crippen LogP contribution in [0.4, 0.5) is 0 Å². The largest absolute Gasteiger partial charge is 0.339 e. The number of hydrogen-bond acceptors (Lipinski definition) is 4. The number of nitrogens with one attached hydrogen (secondary N) is 1. The highest BCUT2D eigenvalue weighted by molar-refractivity contribution is 7.99. The van der Waals surface area contributed by atoms with E-state index in [1.54, 1.807) is 24.0 Å². The second-order valence-electron chi connectivity index (χ2n) is 4.49. The number of imidazole rings is 1. The number of hydrogen-bond donors (Lipinski definition) is 1. The monoisotopic (exact) mass is 287 g/mol. The van der Waals surface area contributed by atoms with Crippen molar-refractivity contribution >= 4 is 17.8 Å². The Morgan fingerprint density at radius 1 is 1.40 bits per heavy atom. The summed E-state index contributed by atoms with van der Waals surface area (Å²) >= 11 is 1.59. The van der Waals surface area contributed by atoms with Crippen molar-refractivity contribution in [1.29, 1.82) is 0 Å². The molecule has 104 valence electrons. The van der Waals surface area contributed by atoms with Gasteiger partial charge in [0.25, 0.3) is 0 Å². The van der Waals surface area contributed by atoms with E-state index in [1.807, 2.05) is 12.1 Å². The summed E-state index contributed by atoms with van der Waals surface area (Å²) in [7, 11) is 0. The Morgan fingerprint density at radius 3 is 2.80 bits per heavy atom. The van der Waals surface area contributed by atoms with Crippen LogP contribution < -0.4 is 0 Å². The van der Waals surface area contributed by atoms with Gasteiger partial charge >= 0.3 is 0 Å². The molecular formula is C15H17N3OS. The first-order chi connectivity index (χ1) is 9.74. The topological polar surface area (TPSA) is 58.1 Å². The number of aryl methyl sites for hydroxylation is 1. The number of nitrogens with zero attached hydrogens (tertiary/aromatic N) is 2. The molecule has 1 aromatic heterocycles. The number of carbonyl (C=O) groups excluding carboxylic acids is 1. The van der Waals surface area contributed by atoms with Gasteiger partial charge in [0.1, 0.15) is 5.82 Å². The first-order valence-corrected chi connectivity index (χ1v) is 7.60. The minimum atomic E-state index is -0.299. The first-order valence-electron chi connectivity index (χ1n) is 6.55. The predicted molar refractivity (Wildman–Crippen MR) is 82.4 cm³/mol. The van der Waals surface area contributed by atoms with Crippen molar-refractivity contribution < 1.29 is 4.79 Å². The predicted octanol–water partition coefficient (Wildman–Crippen LogP) is 3.86. The van der Waals surface area contributed by atoms with E-state index in [0.717, 1.165) is 23.4 Å². The molecule has 2 rings (SSSR count). The van der Waals surface area contributed by atoms with E-state index < -0.39 is 0 Å². The summed E-state index contributed by atoms with van der Waals surface area (Å²) in [5.74, 6) is 1.62. The Labute approximate surface area is 122 Å². The maximum absolute atomic E-state index is 10.5. The molecule has 0 spiro atoms. The SMILES string of the molecule is CCCS[C@H](N=C=O)c1ncc(-c2ccc(C)cc2)[nH]1. The van der Waals surface area contributed by atoms with Gasteiger partial charge in [0.05, 0.1) is 11.9 Å². The quantitative estimate of drug-likeness (QED) is 0.648. The molecule has 0 aliphatic rings. The summed E-state index contributed by atoms with van der Waals surface area (Å²) in [5.41, 5.74) is 3.22. The zero-order chi connectivity index (χ0) is 14.4. The molecule has 0 amide bonds. The molecule has 5 heteroatoms. The van der Waals surface area contributed by atoms with Crippen molar-refractivity contribution in [3.05, 3.63) is 41.9 Å². The van der Waals surface area contributed by atoms with Crippen LogP contribution in [-0.4, -0.2) is 21.8 Å². The Bertz CT molecular complexity index is 600. The van der Waals surface area contributed by atoms with Gasteiger partial charge in [0.15, 0.2) is 5.37 Å². The second kappa shape index (κ2) is 7.08. The third-order valence-corrected chi connectivity index (χ3v) is 4.13. The van der Waals surface area contributed by atoms with Gasteiger partial charge in [-0.25, -0.2) is 9.78 Å². The van der Waals surface area contributed by atoms with Gasteiger partial charge in [0.2, 0.25) is 6.08 Å². The molecule has 4 nitrogen and oxygen atoms in total. The number of isocyanates is 1. The first kappa shape index (κ1) is 14.6. The number of H-pyrrole nitrogens is 1. The van der Waals surface area contributed by atoms with Crippen LogP contribution in [0.3, 0.4) is 0 Å². The van der Waals surface area contributed by atoms with Crippen molar-refractivity contribution in [1.82, 2.24) is 9.97 Å². The molecule has 1 aromatic carbocycles. The molecule has 0 radical (unpaired) electrons. The maximum atomic E-state index is 10.5. The molecule has 20 heavy (non-hydrogen) atoms. The molecule has 1 atom stereocenters. The number of rotatable bonds is 6. The molecule has 2 aromatic rings. The van der Waals surface area contributed by atoms with Gasteiger partial charge in [-0.2, -0.15) is 4.99 Å². The molecule has 0 aliphatic heterocycles. The molecule has 1 heterocycles. The van der Waals surface area contributed by atoms with Crippen molar-refractivity contribution in [3.8, 4) is 11.3 Å². The molecule has 0 fully saturated rings. The van der Waals surface area contributed by atoms with E-state index in [4.69, 9.17) is 0 Å². The molecule has 0 bridgehead atoms. The van der Waals surface area contributed by atoms with E-state index in [1.165, 1.54) is 5.56 Å². The van der Waals surface area contributed by atoms with E-state index in [0.29, 0.717) is 5.82 Å². The summed E-state index contributed by atoms with van der Waals surface area (Å²) in [4.78, 5) is 21.9. The summed E-state index contributed by atoms with van der Waals surface area (Å²) in [5, 5.41) is -0.299. The van der Waals surface area contributed by atoms with Gasteiger partial charge in [-0.3, -0.25) is 0 Å². The van der Waals surface area contributed by atoms with Crippen LogP contribution in [-0.2, 0) is 4.79 Å². The van der Waals surface area contributed by atoms with Crippen molar-refractivity contribution in [2.45, 2.75) is 25.6 Å². The second-order valence-corrected chi connectivity index (χ2v) is 5.68. The lowest BCUT2D eigenvalue weighted by Gasteiger charge is -2.06. The summed E-state index contributed by atoms with van der Waals surface area (Å²) < 4.78 is 0. The van der Waals surface area contributed by atoms with Crippen LogP contribution >= 0.6 is 11.8 Å². The van der Waals surface area contributed by atoms with Crippen LogP contribution in [0.5, 0.6) is 0 Å². The normalized spacial score (nSPS) is 11.9. The standard InChI is InChI=1S/C15H17N3OS/c1-3-8-20-15(17-10-19)14-16-9-13(18-14)12-6-4-11(2)5-7-12/h4-7,9,15H,3,8H2,1-2H3,(H,16,18)/t15-/m0/s1. The Hall–Kier alpha value is -1.84. The Kier molecular flexibility index (Phi) is 5.16. The van der Waals surface area contributed by atoms with Gasteiger partial charge in [-0.1, -0.05) is 36.8 Å². The Balaban J connectivity index is 2.21. The van der Waals surface area contributed by atoms with E-state index >= 15 is 0 Å². The molecule has 0 saturated heterocycles. The highest BCUT2D eigenvalue weighted by Crippen LogP contribution is 2.29. The van der Waals surface area contributed by atoms with E-state index in [9.17, 15) is 4.79 Å². The zero-order valence-electron chi connectivity index (χ0n) is 11.6. The van der Waals surface area contributed by atoms with Gasteiger partial charge in [-0.15, -0.1) is 11.8 Å². The smallest absolute Gasteiger partial charge is 0.236 e. The number of thioether (sulfide) groups is 1. The summed E-state index contributed by atoms with van der Waals surface area (Å²) in [6.07, 6.45) is 4.43. The van der Waals surface area contributed by atoms with Crippen molar-refractivity contribution in [2.75, 3.05) is 5.75 Å². The average molecular weight is 287 g/mol. The minimum Gasteiger partial charge on any atom is -0.339 e. The third kappa shape index (κ3) is 3.59. The molecular weight excluding hydrogens is 270 g/mol. The van der Waals surface area contributed by atoms with Crippen molar-refractivity contribution in [3.63, 3.8) is 0 Å². The van der Waals surface area contributed by atoms with Gasteiger partial charge in [0, 0.05) is 0 Å². The zero-order valence-corrected chi connectivity index (χ0v) is 12.4. The van der Waals surface area contributed by atoms with Gasteiger partial charge in [-0.05, 0) is 24.7 Å². The van der Waals surface area contributed by atoms with Crippen LogP contribution in [0.2, 0.25) is 0 Å². The lowest BCUT2D eigenvalue weighted by molar-refractivity contribution is 0.562. The fraction of sp³-hybridized carbons (Fsp3) is 0.333. The third-order valence-electron chi connectivity index (χ3n) is 2.84. The average Bonchev–Trinajstić information content (AvgIpc) is 2.94. The van der Waals surface area contributed by atoms with E-state index in [2.05, 4.69) is 40.9 Å². The maximum Gasteiger partial charge on any atom is 0.236 e.